The summed E-state index contributed by atoms with van der Waals surface area (Å²) in [6.45, 7) is 2.57. The molecule has 3 rings (SSSR count). The molecule has 0 saturated carbocycles. The van der Waals surface area contributed by atoms with Crippen molar-refractivity contribution in [3.63, 3.8) is 0 Å². The maximum absolute atomic E-state index is 5.76. The fourth-order valence-corrected chi connectivity index (χ4v) is 3.03. The molecule has 2 heterocycles. The van der Waals surface area contributed by atoms with Crippen LogP contribution in [0.3, 0.4) is 0 Å². The first kappa shape index (κ1) is 10.8. The third-order valence-corrected chi connectivity index (χ3v) is 4.01. The molecule has 0 radical (unpaired) electrons. The van der Waals surface area contributed by atoms with Crippen LogP contribution >= 0.6 is 15.9 Å². The van der Waals surface area contributed by atoms with Crippen molar-refractivity contribution in [1.29, 1.82) is 0 Å². The van der Waals surface area contributed by atoms with E-state index < -0.39 is 0 Å². The minimum absolute atomic E-state index is 0.494. The second-order valence-corrected chi connectivity index (χ2v) is 4.94. The van der Waals surface area contributed by atoms with E-state index >= 15 is 0 Å². The van der Waals surface area contributed by atoms with Crippen LogP contribution in [0.25, 0.3) is 16.8 Å². The molecule has 88 valence electrons. The number of nitrogens with zero attached hydrogens (tertiary/aromatic N) is 3. The highest BCUT2D eigenvalue weighted by atomic mass is 79.9. The Balaban J connectivity index is 2.57. The normalized spacial score (nSPS) is 11.8. The van der Waals surface area contributed by atoms with Crippen LogP contribution in [-0.2, 0) is 13.6 Å². The molecular weight excluding hydrogens is 280 g/mol. The highest BCUT2D eigenvalue weighted by molar-refractivity contribution is 9.10. The number of hydrogen-bond donors (Lipinski definition) is 1. The first-order valence-corrected chi connectivity index (χ1v) is 6.25. The molecule has 0 amide bonds. The maximum Gasteiger partial charge on any atom is 0.215 e. The van der Waals surface area contributed by atoms with Crippen LogP contribution in [0.5, 0.6) is 0 Å². The first-order chi connectivity index (χ1) is 8.15. The number of imidazole rings is 2. The predicted octanol–water partition coefficient (Wildman–Crippen LogP) is 2.36. The predicted molar refractivity (Wildman–Crippen MR) is 72.0 cm³/mol. The zero-order chi connectivity index (χ0) is 12.2. The van der Waals surface area contributed by atoms with Crippen molar-refractivity contribution in [2.45, 2.75) is 13.5 Å². The molecule has 0 saturated heterocycles. The zero-order valence-corrected chi connectivity index (χ0v) is 11.3. The number of aryl methyl sites for hydroxylation is 2. The van der Waals surface area contributed by atoms with Crippen LogP contribution in [-0.4, -0.2) is 14.0 Å². The van der Waals surface area contributed by atoms with Gasteiger partial charge in [-0.2, -0.15) is 0 Å². The van der Waals surface area contributed by atoms with Gasteiger partial charge in [-0.15, -0.1) is 0 Å². The quantitative estimate of drug-likeness (QED) is 0.748. The van der Waals surface area contributed by atoms with Gasteiger partial charge >= 0.3 is 0 Å². The van der Waals surface area contributed by atoms with Gasteiger partial charge in [0.25, 0.3) is 0 Å². The Kier molecular flexibility index (Phi) is 2.27. The SMILES string of the molecule is Cc1cccc2c1nc1n(C)c(CN)c(Br)n21. The topological polar surface area (TPSA) is 48.2 Å². The highest BCUT2D eigenvalue weighted by Crippen LogP contribution is 2.27. The van der Waals surface area contributed by atoms with E-state index in [1.54, 1.807) is 0 Å². The van der Waals surface area contributed by atoms with Gasteiger partial charge in [0, 0.05) is 13.6 Å². The van der Waals surface area contributed by atoms with Gasteiger partial charge in [0.1, 0.15) is 4.60 Å². The van der Waals surface area contributed by atoms with Gasteiger partial charge in [-0.3, -0.25) is 4.40 Å². The Morgan fingerprint density at radius 3 is 2.88 bits per heavy atom. The molecular formula is C12H13BrN4. The van der Waals surface area contributed by atoms with Crippen LogP contribution in [0.15, 0.2) is 22.8 Å². The van der Waals surface area contributed by atoms with E-state index in [1.165, 1.54) is 5.56 Å². The number of nitrogens with two attached hydrogens (primary N) is 1. The second-order valence-electron chi connectivity index (χ2n) is 4.19. The molecule has 0 atom stereocenters. The molecule has 1 aromatic carbocycles. The van der Waals surface area contributed by atoms with E-state index in [1.807, 2.05) is 17.7 Å². The zero-order valence-electron chi connectivity index (χ0n) is 9.74. The number of fused-ring (bicyclic) bond motifs is 3. The van der Waals surface area contributed by atoms with Crippen molar-refractivity contribution in [1.82, 2.24) is 14.0 Å². The van der Waals surface area contributed by atoms with E-state index in [9.17, 15) is 0 Å². The first-order valence-electron chi connectivity index (χ1n) is 5.46. The Morgan fingerprint density at radius 1 is 1.41 bits per heavy atom. The van der Waals surface area contributed by atoms with Crippen molar-refractivity contribution in [2.24, 2.45) is 12.8 Å². The van der Waals surface area contributed by atoms with Gasteiger partial charge < -0.3 is 10.3 Å². The lowest BCUT2D eigenvalue weighted by atomic mass is 10.2. The number of benzene rings is 1. The lowest BCUT2D eigenvalue weighted by Gasteiger charge is -1.99. The summed E-state index contributed by atoms with van der Waals surface area (Å²) in [4.78, 5) is 4.68. The summed E-state index contributed by atoms with van der Waals surface area (Å²) in [7, 11) is 1.99. The summed E-state index contributed by atoms with van der Waals surface area (Å²) in [5.41, 5.74) is 10.2. The number of para-hydroxylation sites is 1. The summed E-state index contributed by atoms with van der Waals surface area (Å²) in [6.07, 6.45) is 0. The summed E-state index contributed by atoms with van der Waals surface area (Å²) in [5.74, 6) is 0.918. The fraction of sp³-hybridized carbons (Fsp3) is 0.250. The number of aromatic nitrogens is 3. The van der Waals surface area contributed by atoms with E-state index in [0.29, 0.717) is 6.54 Å². The summed E-state index contributed by atoms with van der Waals surface area (Å²) in [5, 5.41) is 0. The van der Waals surface area contributed by atoms with Crippen LogP contribution in [0.4, 0.5) is 0 Å². The lowest BCUT2D eigenvalue weighted by Crippen LogP contribution is -2.04. The Labute approximate surface area is 107 Å². The van der Waals surface area contributed by atoms with Crippen molar-refractivity contribution in [2.75, 3.05) is 0 Å². The number of rotatable bonds is 1. The molecule has 0 spiro atoms. The van der Waals surface area contributed by atoms with Gasteiger partial charge in [-0.05, 0) is 34.5 Å². The van der Waals surface area contributed by atoms with E-state index in [-0.39, 0.29) is 0 Å². The highest BCUT2D eigenvalue weighted by Gasteiger charge is 2.16. The second kappa shape index (κ2) is 3.58. The standard InChI is InChI=1S/C12H13BrN4/c1-7-4-3-5-8-10(7)15-12-16(2)9(6-14)11(13)17(8)12/h3-5H,6,14H2,1-2H3. The van der Waals surface area contributed by atoms with Crippen molar-refractivity contribution in [3.8, 4) is 0 Å². The van der Waals surface area contributed by atoms with Crippen molar-refractivity contribution < 1.29 is 0 Å². The van der Waals surface area contributed by atoms with Gasteiger partial charge in [0.2, 0.25) is 5.78 Å². The summed E-state index contributed by atoms with van der Waals surface area (Å²) < 4.78 is 5.12. The summed E-state index contributed by atoms with van der Waals surface area (Å²) in [6, 6.07) is 6.20. The van der Waals surface area contributed by atoms with Crippen LogP contribution in [0.1, 0.15) is 11.3 Å². The molecule has 5 heteroatoms. The fourth-order valence-electron chi connectivity index (χ4n) is 2.25. The molecule has 4 nitrogen and oxygen atoms in total. The van der Waals surface area contributed by atoms with Gasteiger partial charge in [-0.1, -0.05) is 12.1 Å². The number of hydrogen-bond acceptors (Lipinski definition) is 2. The Morgan fingerprint density at radius 2 is 2.18 bits per heavy atom. The van der Waals surface area contributed by atoms with Gasteiger partial charge in [0.15, 0.2) is 0 Å². The molecule has 3 aromatic rings. The van der Waals surface area contributed by atoms with Gasteiger partial charge in [-0.25, -0.2) is 4.98 Å². The molecule has 0 aliphatic heterocycles. The van der Waals surface area contributed by atoms with E-state index in [2.05, 4.69) is 44.4 Å². The van der Waals surface area contributed by atoms with Crippen LogP contribution in [0.2, 0.25) is 0 Å². The average molecular weight is 293 g/mol. The molecule has 0 aliphatic rings. The van der Waals surface area contributed by atoms with E-state index in [0.717, 1.165) is 27.1 Å². The summed E-state index contributed by atoms with van der Waals surface area (Å²) >= 11 is 3.61. The minimum Gasteiger partial charge on any atom is -0.325 e. The smallest absolute Gasteiger partial charge is 0.215 e. The third kappa shape index (κ3) is 1.29. The Hall–Kier alpha value is -1.33. The largest absolute Gasteiger partial charge is 0.325 e. The lowest BCUT2D eigenvalue weighted by molar-refractivity contribution is 0.836. The molecule has 17 heavy (non-hydrogen) atoms. The van der Waals surface area contributed by atoms with Gasteiger partial charge in [0.05, 0.1) is 16.7 Å². The Bertz CT molecular complexity index is 723. The third-order valence-electron chi connectivity index (χ3n) is 3.20. The molecule has 0 aliphatic carbocycles. The molecule has 0 fully saturated rings. The minimum atomic E-state index is 0.494. The molecule has 0 unspecified atom stereocenters. The average Bonchev–Trinajstić information content (AvgIpc) is 2.79. The van der Waals surface area contributed by atoms with E-state index in [4.69, 9.17) is 5.73 Å². The van der Waals surface area contributed by atoms with Crippen molar-refractivity contribution >= 4 is 32.7 Å². The number of halogens is 1. The molecule has 2 aromatic heterocycles. The van der Waals surface area contributed by atoms with Crippen LogP contribution < -0.4 is 5.73 Å². The van der Waals surface area contributed by atoms with Crippen molar-refractivity contribution in [3.05, 3.63) is 34.1 Å². The monoisotopic (exact) mass is 292 g/mol. The maximum atomic E-state index is 5.76. The van der Waals surface area contributed by atoms with Crippen LogP contribution in [0, 0.1) is 6.92 Å². The molecule has 0 bridgehead atoms. The molecule has 2 N–H and O–H groups in total.